The highest BCUT2D eigenvalue weighted by atomic mass is 79.9. The van der Waals surface area contributed by atoms with Gasteiger partial charge in [-0.15, -0.1) is 12.4 Å². The molecule has 1 aliphatic heterocycles. The third-order valence-corrected chi connectivity index (χ3v) is 5.51. The van der Waals surface area contributed by atoms with E-state index in [1.165, 1.54) is 11.8 Å². The molecule has 148 valence electrons. The quantitative estimate of drug-likeness (QED) is 0.310. The van der Waals surface area contributed by atoms with Gasteiger partial charge in [0.15, 0.2) is 0 Å². The van der Waals surface area contributed by atoms with Gasteiger partial charge in [0.05, 0.1) is 4.91 Å². The first kappa shape index (κ1) is 24.1. The molecule has 1 amide bonds. The summed E-state index contributed by atoms with van der Waals surface area (Å²) in [7, 11) is 3.84. The molecule has 5 nitrogen and oxygen atoms in total. The SMILES string of the molecule is CN(C)CCOC(=O)CCCN1C(=O)/C(=C/c2ccc(Br)cc2)SC1=S.Cl. The molecule has 0 N–H and O–H groups in total. The number of rotatable bonds is 8. The summed E-state index contributed by atoms with van der Waals surface area (Å²) in [6.07, 6.45) is 2.64. The number of carbonyl (C=O) groups is 2. The van der Waals surface area contributed by atoms with Gasteiger partial charge in [-0.3, -0.25) is 14.5 Å². The number of ether oxygens (including phenoxy) is 1. The molecule has 1 heterocycles. The lowest BCUT2D eigenvalue weighted by molar-refractivity contribution is -0.144. The Kier molecular flexibility index (Phi) is 10.5. The topological polar surface area (TPSA) is 49.9 Å². The van der Waals surface area contributed by atoms with Crippen molar-refractivity contribution in [1.82, 2.24) is 9.80 Å². The Hall–Kier alpha value is -0.930. The molecule has 0 aromatic heterocycles. The van der Waals surface area contributed by atoms with Gasteiger partial charge in [0, 0.05) is 24.0 Å². The first-order valence-electron chi connectivity index (χ1n) is 8.18. The van der Waals surface area contributed by atoms with Crippen molar-refractivity contribution in [2.24, 2.45) is 0 Å². The fourth-order valence-corrected chi connectivity index (χ4v) is 3.77. The van der Waals surface area contributed by atoms with E-state index in [0.29, 0.717) is 35.3 Å². The Morgan fingerprint density at radius 2 is 2.00 bits per heavy atom. The third kappa shape index (κ3) is 7.91. The molecule has 27 heavy (non-hydrogen) atoms. The van der Waals surface area contributed by atoms with Gasteiger partial charge in [0.1, 0.15) is 10.9 Å². The van der Waals surface area contributed by atoms with Gasteiger partial charge >= 0.3 is 5.97 Å². The maximum Gasteiger partial charge on any atom is 0.305 e. The molecule has 0 radical (unpaired) electrons. The first-order chi connectivity index (χ1) is 12.4. The molecule has 1 aromatic carbocycles. The number of carbonyl (C=O) groups excluding carboxylic acids is 2. The van der Waals surface area contributed by atoms with E-state index in [4.69, 9.17) is 17.0 Å². The molecule has 0 atom stereocenters. The minimum atomic E-state index is -0.248. The van der Waals surface area contributed by atoms with Crippen LogP contribution >= 0.6 is 52.3 Å². The zero-order valence-electron chi connectivity index (χ0n) is 15.1. The number of hydrogen-bond acceptors (Lipinski definition) is 6. The van der Waals surface area contributed by atoms with Crippen LogP contribution in [0.25, 0.3) is 6.08 Å². The van der Waals surface area contributed by atoms with Crippen molar-refractivity contribution in [3.05, 3.63) is 39.2 Å². The van der Waals surface area contributed by atoms with Crippen molar-refractivity contribution in [1.29, 1.82) is 0 Å². The summed E-state index contributed by atoms with van der Waals surface area (Å²) < 4.78 is 6.66. The lowest BCUT2D eigenvalue weighted by Gasteiger charge is -2.14. The Morgan fingerprint density at radius 3 is 2.63 bits per heavy atom. The smallest absolute Gasteiger partial charge is 0.305 e. The summed E-state index contributed by atoms with van der Waals surface area (Å²) in [5.41, 5.74) is 0.943. The van der Waals surface area contributed by atoms with Crippen LogP contribution in [0.5, 0.6) is 0 Å². The zero-order chi connectivity index (χ0) is 19.1. The number of thioether (sulfide) groups is 1. The maximum absolute atomic E-state index is 12.5. The largest absolute Gasteiger partial charge is 0.464 e. The van der Waals surface area contributed by atoms with Crippen LogP contribution in [0, 0.1) is 0 Å². The van der Waals surface area contributed by atoms with Crippen LogP contribution < -0.4 is 0 Å². The second-order valence-corrected chi connectivity index (χ2v) is 8.60. The zero-order valence-corrected chi connectivity index (χ0v) is 19.2. The Bertz CT molecular complexity index is 711. The van der Waals surface area contributed by atoms with E-state index in [2.05, 4.69) is 15.9 Å². The second-order valence-electron chi connectivity index (χ2n) is 6.01. The fraction of sp³-hybridized carbons (Fsp3) is 0.389. The van der Waals surface area contributed by atoms with Crippen LogP contribution in [0.3, 0.4) is 0 Å². The molecule has 0 spiro atoms. The van der Waals surface area contributed by atoms with E-state index in [9.17, 15) is 9.59 Å². The van der Waals surface area contributed by atoms with Gasteiger partial charge in [0.25, 0.3) is 5.91 Å². The molecular weight excluding hydrogens is 472 g/mol. The predicted molar refractivity (Wildman–Crippen MR) is 120 cm³/mol. The Balaban J connectivity index is 0.00000364. The van der Waals surface area contributed by atoms with E-state index in [1.54, 1.807) is 4.90 Å². The number of amides is 1. The van der Waals surface area contributed by atoms with Gasteiger partial charge in [-0.05, 0) is 44.3 Å². The summed E-state index contributed by atoms with van der Waals surface area (Å²) in [5, 5.41) is 0. The van der Waals surface area contributed by atoms with Crippen LogP contribution in [0.4, 0.5) is 0 Å². The number of thiocarbonyl (C=S) groups is 1. The van der Waals surface area contributed by atoms with Gasteiger partial charge < -0.3 is 9.64 Å². The highest BCUT2D eigenvalue weighted by molar-refractivity contribution is 9.10. The highest BCUT2D eigenvalue weighted by Gasteiger charge is 2.31. The van der Waals surface area contributed by atoms with Gasteiger partial charge in [-0.25, -0.2) is 0 Å². The minimum Gasteiger partial charge on any atom is -0.464 e. The average molecular weight is 494 g/mol. The van der Waals surface area contributed by atoms with E-state index in [-0.39, 0.29) is 30.7 Å². The lowest BCUT2D eigenvalue weighted by Crippen LogP contribution is -2.29. The van der Waals surface area contributed by atoms with Crippen molar-refractivity contribution < 1.29 is 14.3 Å². The monoisotopic (exact) mass is 492 g/mol. The van der Waals surface area contributed by atoms with Gasteiger partial charge in [-0.1, -0.05) is 52.0 Å². The van der Waals surface area contributed by atoms with Crippen LogP contribution in [0.15, 0.2) is 33.6 Å². The van der Waals surface area contributed by atoms with Crippen LogP contribution in [0.2, 0.25) is 0 Å². The first-order valence-corrected chi connectivity index (χ1v) is 10.2. The Labute approximate surface area is 184 Å². The number of likely N-dealkylation sites (N-methyl/N-ethyl adjacent to an activating group) is 1. The summed E-state index contributed by atoms with van der Waals surface area (Å²) in [4.78, 5) is 28.3. The average Bonchev–Trinajstić information content (AvgIpc) is 2.84. The van der Waals surface area contributed by atoms with E-state index in [0.717, 1.165) is 10.0 Å². The van der Waals surface area contributed by atoms with Crippen LogP contribution in [0.1, 0.15) is 18.4 Å². The van der Waals surface area contributed by atoms with Crippen LogP contribution in [-0.2, 0) is 14.3 Å². The molecule has 0 aliphatic carbocycles. The standard InChI is InChI=1S/C18H21BrN2O3S2.ClH/c1-20(2)10-11-24-16(22)4-3-9-21-17(23)15(26-18(21)25)12-13-5-7-14(19)8-6-13;/h5-8,12H,3-4,9-11H2,1-2H3;1H/b15-12-;. The molecule has 1 fully saturated rings. The Morgan fingerprint density at radius 1 is 1.33 bits per heavy atom. The van der Waals surface area contributed by atoms with Crippen molar-refractivity contribution in [3.8, 4) is 0 Å². The number of halogens is 2. The summed E-state index contributed by atoms with van der Waals surface area (Å²) in [6.45, 7) is 1.50. The normalized spacial score (nSPS) is 15.4. The lowest BCUT2D eigenvalue weighted by atomic mass is 10.2. The molecule has 1 saturated heterocycles. The summed E-state index contributed by atoms with van der Waals surface area (Å²) >= 11 is 9.99. The number of hydrogen-bond donors (Lipinski definition) is 0. The highest BCUT2D eigenvalue weighted by Crippen LogP contribution is 2.32. The number of nitrogens with zero attached hydrogens (tertiary/aromatic N) is 2. The maximum atomic E-state index is 12.5. The molecule has 0 unspecified atom stereocenters. The molecule has 2 rings (SSSR count). The van der Waals surface area contributed by atoms with Crippen molar-refractivity contribution in [3.63, 3.8) is 0 Å². The van der Waals surface area contributed by atoms with E-state index < -0.39 is 0 Å². The van der Waals surface area contributed by atoms with Crippen molar-refractivity contribution in [2.45, 2.75) is 12.8 Å². The molecule has 1 aromatic rings. The van der Waals surface area contributed by atoms with Crippen molar-refractivity contribution >= 4 is 74.6 Å². The summed E-state index contributed by atoms with van der Waals surface area (Å²) in [6, 6.07) is 7.71. The molecule has 1 aliphatic rings. The van der Waals surface area contributed by atoms with E-state index in [1.807, 2.05) is 49.3 Å². The van der Waals surface area contributed by atoms with E-state index >= 15 is 0 Å². The van der Waals surface area contributed by atoms with Gasteiger partial charge in [-0.2, -0.15) is 0 Å². The number of benzene rings is 1. The second kappa shape index (κ2) is 11.8. The van der Waals surface area contributed by atoms with Crippen molar-refractivity contribution in [2.75, 3.05) is 33.8 Å². The fourth-order valence-electron chi connectivity index (χ4n) is 2.20. The summed E-state index contributed by atoms with van der Waals surface area (Å²) in [5.74, 6) is -0.355. The molecule has 0 bridgehead atoms. The molecule has 0 saturated carbocycles. The third-order valence-electron chi connectivity index (χ3n) is 3.61. The molecule has 9 heteroatoms. The minimum absolute atomic E-state index is 0. The number of esters is 1. The van der Waals surface area contributed by atoms with Crippen LogP contribution in [-0.4, -0.2) is 59.8 Å². The van der Waals surface area contributed by atoms with Gasteiger partial charge in [0.2, 0.25) is 0 Å². The predicted octanol–water partition coefficient (Wildman–Crippen LogP) is 3.96. The molecular formula is C18H22BrClN2O3S2.